The molecule has 1 nitrogen and oxygen atoms in total. The number of alkyl halides is 1. The smallest absolute Gasteiger partial charge is 0.150 e. The molecule has 1 atom stereocenters. The van der Waals surface area contributed by atoms with E-state index in [0.717, 1.165) is 17.5 Å². The van der Waals surface area contributed by atoms with Crippen molar-refractivity contribution in [1.29, 1.82) is 0 Å². The lowest BCUT2D eigenvalue weighted by atomic mass is 10.0. The van der Waals surface area contributed by atoms with Gasteiger partial charge in [-0.3, -0.25) is 4.79 Å². The number of benzene rings is 1. The van der Waals surface area contributed by atoms with E-state index in [1.165, 1.54) is 6.07 Å². The third-order valence-electron chi connectivity index (χ3n) is 2.58. The van der Waals surface area contributed by atoms with Crippen LogP contribution in [0.1, 0.15) is 17.5 Å². The summed E-state index contributed by atoms with van der Waals surface area (Å²) in [5, 5.41) is 0. The molecule has 0 bridgehead atoms. The first-order valence-electron chi connectivity index (χ1n) is 4.61. The van der Waals surface area contributed by atoms with Gasteiger partial charge in [-0.05, 0) is 30.0 Å². The molecule has 0 heterocycles. The van der Waals surface area contributed by atoms with Crippen LogP contribution < -0.4 is 0 Å². The minimum absolute atomic E-state index is 0.0411. The highest BCUT2D eigenvalue weighted by Crippen LogP contribution is 2.24. The van der Waals surface area contributed by atoms with Gasteiger partial charge in [0.1, 0.15) is 11.6 Å². The Morgan fingerprint density at radius 1 is 1.43 bits per heavy atom. The summed E-state index contributed by atoms with van der Waals surface area (Å²) < 4.78 is 13.4. The third kappa shape index (κ3) is 1.82. The number of fused-ring (bicyclic) bond motifs is 1. The van der Waals surface area contributed by atoms with Crippen molar-refractivity contribution in [2.75, 3.05) is 0 Å². The van der Waals surface area contributed by atoms with Gasteiger partial charge in [0.05, 0.1) is 3.92 Å². The lowest BCUT2D eigenvalue weighted by Gasteiger charge is -2.04. The van der Waals surface area contributed by atoms with Crippen molar-refractivity contribution in [3.63, 3.8) is 0 Å². The molecule has 1 aromatic rings. The van der Waals surface area contributed by atoms with E-state index < -0.39 is 0 Å². The highest BCUT2D eigenvalue weighted by molar-refractivity contribution is 14.1. The molecule has 0 radical (unpaired) electrons. The van der Waals surface area contributed by atoms with Gasteiger partial charge in [0.15, 0.2) is 0 Å². The SMILES string of the molecule is O=C1Cc2cccc(F)c2CCC1I. The van der Waals surface area contributed by atoms with E-state index in [1.54, 1.807) is 6.07 Å². The zero-order chi connectivity index (χ0) is 10.1. The molecule has 0 saturated heterocycles. The monoisotopic (exact) mass is 304 g/mol. The van der Waals surface area contributed by atoms with Crippen LogP contribution in [0.3, 0.4) is 0 Å². The molecule has 0 spiro atoms. The number of hydrogen-bond donors (Lipinski definition) is 0. The van der Waals surface area contributed by atoms with Crippen LogP contribution in [0.4, 0.5) is 4.39 Å². The van der Waals surface area contributed by atoms with Crippen molar-refractivity contribution >= 4 is 28.4 Å². The molecule has 0 saturated carbocycles. The number of hydrogen-bond acceptors (Lipinski definition) is 1. The molecule has 1 aliphatic carbocycles. The Balaban J connectivity index is 2.42. The summed E-state index contributed by atoms with van der Waals surface area (Å²) in [6.45, 7) is 0. The molecule has 0 amide bonds. The number of carbonyl (C=O) groups excluding carboxylic acids is 1. The fraction of sp³-hybridized carbons (Fsp3) is 0.364. The van der Waals surface area contributed by atoms with Gasteiger partial charge in [0, 0.05) is 6.42 Å². The summed E-state index contributed by atoms with van der Waals surface area (Å²) in [6, 6.07) is 5.00. The Hall–Kier alpha value is -0.450. The van der Waals surface area contributed by atoms with Crippen LogP contribution >= 0.6 is 22.6 Å². The first kappa shape index (κ1) is 10.1. The number of Topliss-reactive ketones (excluding diaryl/α,β-unsaturated/α-hetero) is 1. The Labute approximate surface area is 95.8 Å². The average molecular weight is 304 g/mol. The molecule has 0 N–H and O–H groups in total. The highest BCUT2D eigenvalue weighted by atomic mass is 127. The molecule has 0 aliphatic heterocycles. The molecule has 0 aromatic heterocycles. The van der Waals surface area contributed by atoms with E-state index in [4.69, 9.17) is 0 Å². The first-order chi connectivity index (χ1) is 6.68. The molecular weight excluding hydrogens is 294 g/mol. The summed E-state index contributed by atoms with van der Waals surface area (Å²) in [6.07, 6.45) is 1.83. The van der Waals surface area contributed by atoms with E-state index in [-0.39, 0.29) is 15.5 Å². The maximum absolute atomic E-state index is 13.4. The van der Waals surface area contributed by atoms with Gasteiger partial charge in [-0.25, -0.2) is 4.39 Å². The fourth-order valence-corrected chi connectivity index (χ4v) is 2.31. The molecular formula is C11H10FIO. The predicted molar refractivity (Wildman–Crippen MR) is 61.2 cm³/mol. The van der Waals surface area contributed by atoms with Gasteiger partial charge < -0.3 is 0 Å². The average Bonchev–Trinajstić information content (AvgIpc) is 2.29. The molecule has 14 heavy (non-hydrogen) atoms. The van der Waals surface area contributed by atoms with Crippen molar-refractivity contribution in [2.45, 2.75) is 23.2 Å². The number of halogens is 2. The van der Waals surface area contributed by atoms with Gasteiger partial charge in [0.2, 0.25) is 0 Å². The molecule has 1 unspecified atom stereocenters. The number of ketones is 1. The van der Waals surface area contributed by atoms with Crippen molar-refractivity contribution in [2.24, 2.45) is 0 Å². The minimum Gasteiger partial charge on any atom is -0.298 e. The topological polar surface area (TPSA) is 17.1 Å². The lowest BCUT2D eigenvalue weighted by molar-refractivity contribution is -0.117. The summed E-state index contributed by atoms with van der Waals surface area (Å²) >= 11 is 2.15. The van der Waals surface area contributed by atoms with E-state index in [9.17, 15) is 9.18 Å². The van der Waals surface area contributed by atoms with E-state index in [0.29, 0.717) is 12.8 Å². The number of rotatable bonds is 0. The second-order valence-electron chi connectivity index (χ2n) is 3.53. The second-order valence-corrected chi connectivity index (χ2v) is 5.03. The second kappa shape index (κ2) is 3.96. The predicted octanol–water partition coefficient (Wildman–Crippen LogP) is 2.69. The zero-order valence-corrected chi connectivity index (χ0v) is 9.75. The third-order valence-corrected chi connectivity index (χ3v) is 3.90. The quantitative estimate of drug-likeness (QED) is 0.409. The van der Waals surface area contributed by atoms with E-state index in [1.807, 2.05) is 6.07 Å². The van der Waals surface area contributed by atoms with Crippen LogP contribution in [0.25, 0.3) is 0 Å². The largest absolute Gasteiger partial charge is 0.298 e. The van der Waals surface area contributed by atoms with Gasteiger partial charge >= 0.3 is 0 Å². The molecule has 1 aromatic carbocycles. The van der Waals surface area contributed by atoms with Crippen LogP contribution in [0.2, 0.25) is 0 Å². The van der Waals surface area contributed by atoms with Crippen LogP contribution in [0, 0.1) is 5.82 Å². The Morgan fingerprint density at radius 2 is 2.21 bits per heavy atom. The summed E-state index contributed by atoms with van der Waals surface area (Å²) in [5.74, 6) is 0.0516. The van der Waals surface area contributed by atoms with Crippen molar-refractivity contribution < 1.29 is 9.18 Å². The Kier molecular flexibility index (Phi) is 2.85. The standard InChI is InChI=1S/C11H10FIO/c12-9-3-1-2-7-6-11(14)10(13)5-4-8(7)9/h1-3,10H,4-6H2. The van der Waals surface area contributed by atoms with Crippen LogP contribution in [0.15, 0.2) is 18.2 Å². The van der Waals surface area contributed by atoms with Gasteiger partial charge in [-0.15, -0.1) is 0 Å². The number of carbonyl (C=O) groups is 1. The van der Waals surface area contributed by atoms with Gasteiger partial charge in [-0.1, -0.05) is 34.7 Å². The van der Waals surface area contributed by atoms with Crippen molar-refractivity contribution in [1.82, 2.24) is 0 Å². The normalized spacial score (nSPS) is 21.6. The molecule has 0 fully saturated rings. The molecule has 1 aliphatic rings. The van der Waals surface area contributed by atoms with Gasteiger partial charge in [-0.2, -0.15) is 0 Å². The van der Waals surface area contributed by atoms with Crippen molar-refractivity contribution in [3.05, 3.63) is 35.1 Å². The Morgan fingerprint density at radius 3 is 3.00 bits per heavy atom. The fourth-order valence-electron chi connectivity index (χ4n) is 1.78. The van der Waals surface area contributed by atoms with E-state index in [2.05, 4.69) is 22.6 Å². The van der Waals surface area contributed by atoms with Crippen LogP contribution in [-0.4, -0.2) is 9.71 Å². The molecule has 2 rings (SSSR count). The summed E-state index contributed by atoms with van der Waals surface area (Å²) in [7, 11) is 0. The van der Waals surface area contributed by atoms with Crippen molar-refractivity contribution in [3.8, 4) is 0 Å². The van der Waals surface area contributed by atoms with Crippen LogP contribution in [-0.2, 0) is 17.6 Å². The minimum atomic E-state index is -0.166. The lowest BCUT2D eigenvalue weighted by Crippen LogP contribution is -2.13. The summed E-state index contributed by atoms with van der Waals surface area (Å²) in [4.78, 5) is 11.6. The molecule has 3 heteroatoms. The first-order valence-corrected chi connectivity index (χ1v) is 5.86. The van der Waals surface area contributed by atoms with Crippen LogP contribution in [0.5, 0.6) is 0 Å². The highest BCUT2D eigenvalue weighted by Gasteiger charge is 2.22. The Bertz CT molecular complexity index is 376. The molecule has 74 valence electrons. The maximum Gasteiger partial charge on any atom is 0.150 e. The zero-order valence-electron chi connectivity index (χ0n) is 7.59. The maximum atomic E-state index is 13.4. The van der Waals surface area contributed by atoms with Gasteiger partial charge in [0.25, 0.3) is 0 Å². The summed E-state index contributed by atoms with van der Waals surface area (Å²) in [5.41, 5.74) is 1.61. The van der Waals surface area contributed by atoms with E-state index >= 15 is 0 Å².